The first-order valence-corrected chi connectivity index (χ1v) is 6.55. The van der Waals surface area contributed by atoms with E-state index in [2.05, 4.69) is 0 Å². The first kappa shape index (κ1) is 11.9. The van der Waals surface area contributed by atoms with Gasteiger partial charge in [-0.3, -0.25) is 4.79 Å². The maximum absolute atomic E-state index is 11.8. The maximum Gasteiger partial charge on any atom is 0.313 e. The van der Waals surface area contributed by atoms with E-state index >= 15 is 0 Å². The first-order chi connectivity index (χ1) is 7.70. The van der Waals surface area contributed by atoms with Crippen LogP contribution in [0.3, 0.4) is 0 Å². The van der Waals surface area contributed by atoms with Crippen molar-refractivity contribution in [2.24, 2.45) is 17.1 Å². The number of hydrogen-bond acceptors (Lipinski definition) is 3. The highest BCUT2D eigenvalue weighted by atomic mass is 16.5. The molecule has 2 fully saturated rings. The van der Waals surface area contributed by atoms with E-state index in [9.17, 15) is 4.79 Å². The fourth-order valence-corrected chi connectivity index (χ4v) is 3.13. The van der Waals surface area contributed by atoms with Gasteiger partial charge in [-0.05, 0) is 31.6 Å². The second kappa shape index (κ2) is 4.74. The third kappa shape index (κ3) is 2.10. The molecular formula is C13H23NO2. The third-order valence-electron chi connectivity index (χ3n) is 4.43. The highest BCUT2D eigenvalue weighted by Crippen LogP contribution is 2.52. The lowest BCUT2D eigenvalue weighted by Crippen LogP contribution is -2.43. The van der Waals surface area contributed by atoms with Crippen LogP contribution < -0.4 is 5.73 Å². The number of ether oxygens (including phenoxy) is 1. The molecule has 3 nitrogen and oxygen atoms in total. The van der Waals surface area contributed by atoms with E-state index in [1.165, 1.54) is 45.6 Å². The van der Waals surface area contributed by atoms with Crippen LogP contribution in [0.15, 0.2) is 0 Å². The Hall–Kier alpha value is -0.570. The molecule has 2 saturated carbocycles. The predicted molar refractivity (Wildman–Crippen MR) is 62.9 cm³/mol. The Morgan fingerprint density at radius 2 is 1.81 bits per heavy atom. The van der Waals surface area contributed by atoms with E-state index in [0.29, 0.717) is 5.92 Å². The summed E-state index contributed by atoms with van der Waals surface area (Å²) in [5, 5.41) is 0. The average Bonchev–Trinajstić information content (AvgIpc) is 3.11. The fraction of sp³-hybridized carbons (Fsp3) is 0.923. The van der Waals surface area contributed by atoms with Crippen molar-refractivity contribution in [3.8, 4) is 0 Å². The molecular weight excluding hydrogens is 202 g/mol. The van der Waals surface area contributed by atoms with Crippen LogP contribution in [0.5, 0.6) is 0 Å². The minimum atomic E-state index is -0.316. The Labute approximate surface area is 97.7 Å². The smallest absolute Gasteiger partial charge is 0.313 e. The van der Waals surface area contributed by atoms with E-state index in [0.717, 1.165) is 12.8 Å². The monoisotopic (exact) mass is 225 g/mol. The van der Waals surface area contributed by atoms with Crippen LogP contribution in [0.2, 0.25) is 0 Å². The van der Waals surface area contributed by atoms with Crippen molar-refractivity contribution < 1.29 is 9.53 Å². The number of nitrogens with two attached hydrogens (primary N) is 1. The van der Waals surface area contributed by atoms with E-state index < -0.39 is 0 Å². The molecule has 2 aliphatic carbocycles. The standard InChI is InChI=1S/C13H23NO2/c1-16-12(15)13(8-9-13)11(14)10-6-4-2-3-5-7-10/h10-11H,2-9,14H2,1H3. The fourth-order valence-electron chi connectivity index (χ4n) is 3.13. The molecule has 16 heavy (non-hydrogen) atoms. The number of methoxy groups -OCH3 is 1. The van der Waals surface area contributed by atoms with Crippen LogP contribution in [0.1, 0.15) is 51.4 Å². The molecule has 2 N–H and O–H groups in total. The number of rotatable bonds is 3. The van der Waals surface area contributed by atoms with Crippen molar-refractivity contribution in [2.75, 3.05) is 7.11 Å². The summed E-state index contributed by atoms with van der Waals surface area (Å²) in [6, 6.07) is 0.0260. The van der Waals surface area contributed by atoms with Gasteiger partial charge in [-0.1, -0.05) is 25.7 Å². The molecule has 0 aromatic heterocycles. The van der Waals surface area contributed by atoms with Crippen molar-refractivity contribution in [1.29, 1.82) is 0 Å². The van der Waals surface area contributed by atoms with Gasteiger partial charge in [0.1, 0.15) is 0 Å². The molecule has 0 amide bonds. The number of carbonyl (C=O) groups is 1. The van der Waals surface area contributed by atoms with Crippen LogP contribution in [0, 0.1) is 11.3 Å². The van der Waals surface area contributed by atoms with Gasteiger partial charge in [0.25, 0.3) is 0 Å². The van der Waals surface area contributed by atoms with Crippen molar-refractivity contribution in [2.45, 2.75) is 57.4 Å². The van der Waals surface area contributed by atoms with Crippen LogP contribution in [0.4, 0.5) is 0 Å². The molecule has 0 radical (unpaired) electrons. The summed E-state index contributed by atoms with van der Waals surface area (Å²) in [6.45, 7) is 0. The van der Waals surface area contributed by atoms with Gasteiger partial charge in [-0.25, -0.2) is 0 Å². The zero-order valence-corrected chi connectivity index (χ0v) is 10.2. The van der Waals surface area contributed by atoms with E-state index in [1.54, 1.807) is 0 Å². The summed E-state index contributed by atoms with van der Waals surface area (Å²) in [5.41, 5.74) is 6.02. The molecule has 2 rings (SSSR count). The summed E-state index contributed by atoms with van der Waals surface area (Å²) >= 11 is 0. The molecule has 1 unspecified atom stereocenters. The highest BCUT2D eigenvalue weighted by molar-refractivity contribution is 5.80. The minimum Gasteiger partial charge on any atom is -0.469 e. The zero-order chi connectivity index (χ0) is 11.6. The summed E-state index contributed by atoms with van der Waals surface area (Å²) < 4.78 is 4.90. The molecule has 0 spiro atoms. The second-order valence-electron chi connectivity index (χ2n) is 5.43. The molecule has 0 aliphatic heterocycles. The van der Waals surface area contributed by atoms with Gasteiger partial charge in [0.15, 0.2) is 0 Å². The Morgan fingerprint density at radius 3 is 2.25 bits per heavy atom. The van der Waals surface area contributed by atoms with E-state index in [4.69, 9.17) is 10.5 Å². The Balaban J connectivity index is 2.00. The molecule has 3 heteroatoms. The average molecular weight is 225 g/mol. The minimum absolute atomic E-state index is 0.0260. The van der Waals surface area contributed by atoms with Crippen molar-refractivity contribution in [3.05, 3.63) is 0 Å². The van der Waals surface area contributed by atoms with Crippen molar-refractivity contribution >= 4 is 5.97 Å². The van der Waals surface area contributed by atoms with Gasteiger partial charge in [-0.15, -0.1) is 0 Å². The summed E-state index contributed by atoms with van der Waals surface area (Å²) in [7, 11) is 1.47. The van der Waals surface area contributed by atoms with Crippen molar-refractivity contribution in [3.63, 3.8) is 0 Å². The molecule has 0 heterocycles. The Morgan fingerprint density at radius 1 is 1.25 bits per heavy atom. The predicted octanol–water partition coefficient (Wildman–Crippen LogP) is 2.24. The first-order valence-electron chi connectivity index (χ1n) is 6.55. The lowest BCUT2D eigenvalue weighted by atomic mass is 9.82. The van der Waals surface area contributed by atoms with Crippen LogP contribution in [-0.4, -0.2) is 19.1 Å². The number of esters is 1. The Bertz CT molecular complexity index is 253. The SMILES string of the molecule is COC(=O)C1(C(N)C2CCCCCC2)CC1. The van der Waals surface area contributed by atoms with Gasteiger partial charge in [0, 0.05) is 6.04 Å². The summed E-state index contributed by atoms with van der Waals surface area (Å²) in [5.74, 6) is 0.452. The lowest BCUT2D eigenvalue weighted by Gasteiger charge is -2.28. The third-order valence-corrected chi connectivity index (χ3v) is 4.43. The number of hydrogen-bond donors (Lipinski definition) is 1. The Kier molecular flexibility index (Phi) is 3.53. The quantitative estimate of drug-likeness (QED) is 0.592. The molecule has 0 aromatic carbocycles. The van der Waals surface area contributed by atoms with Gasteiger partial charge >= 0.3 is 5.97 Å². The zero-order valence-electron chi connectivity index (χ0n) is 10.2. The highest BCUT2D eigenvalue weighted by Gasteiger charge is 2.57. The molecule has 2 aliphatic rings. The van der Waals surface area contributed by atoms with Crippen LogP contribution >= 0.6 is 0 Å². The van der Waals surface area contributed by atoms with Crippen molar-refractivity contribution in [1.82, 2.24) is 0 Å². The molecule has 0 saturated heterocycles. The topological polar surface area (TPSA) is 52.3 Å². The molecule has 1 atom stereocenters. The van der Waals surface area contributed by atoms with Crippen LogP contribution in [0.25, 0.3) is 0 Å². The summed E-state index contributed by atoms with van der Waals surface area (Å²) in [6.07, 6.45) is 9.45. The molecule has 0 bridgehead atoms. The second-order valence-corrected chi connectivity index (χ2v) is 5.43. The van der Waals surface area contributed by atoms with Crippen LogP contribution in [-0.2, 0) is 9.53 Å². The normalized spacial score (nSPS) is 26.9. The molecule has 92 valence electrons. The lowest BCUT2D eigenvalue weighted by molar-refractivity contribution is -0.148. The van der Waals surface area contributed by atoms with Gasteiger partial charge in [-0.2, -0.15) is 0 Å². The largest absolute Gasteiger partial charge is 0.469 e. The molecule has 0 aromatic rings. The van der Waals surface area contributed by atoms with Gasteiger partial charge < -0.3 is 10.5 Å². The number of carbonyl (C=O) groups excluding carboxylic acids is 1. The van der Waals surface area contributed by atoms with Gasteiger partial charge in [0.2, 0.25) is 0 Å². The maximum atomic E-state index is 11.8. The summed E-state index contributed by atoms with van der Waals surface area (Å²) in [4.78, 5) is 11.8. The van der Waals surface area contributed by atoms with Gasteiger partial charge in [0.05, 0.1) is 12.5 Å². The van der Waals surface area contributed by atoms with E-state index in [1.807, 2.05) is 0 Å². The van der Waals surface area contributed by atoms with E-state index in [-0.39, 0.29) is 17.4 Å².